The lowest BCUT2D eigenvalue weighted by Gasteiger charge is -2.47. The number of carbonyl (C=O) groups is 2. The number of Topliss-reactive ketones (excluding diaryl/α,β-unsaturated/α-hetero) is 2. The summed E-state index contributed by atoms with van der Waals surface area (Å²) in [4.78, 5) is 29.7. The summed E-state index contributed by atoms with van der Waals surface area (Å²) in [6.07, 6.45) is 4.14. The monoisotopic (exact) mass is 913 g/mol. The highest BCUT2D eigenvalue weighted by Crippen LogP contribution is 2.54. The molecule has 10 saturated heterocycles. The van der Waals surface area contributed by atoms with Crippen LogP contribution >= 0.6 is 0 Å². The second-order valence-electron chi connectivity index (χ2n) is 20.2. The number of rotatable bonds is 15. The molecule has 17 nitrogen and oxygen atoms in total. The summed E-state index contributed by atoms with van der Waals surface area (Å²) < 4.78 is 71.4. The van der Waals surface area contributed by atoms with Crippen molar-refractivity contribution in [3.8, 4) is 0 Å². The summed E-state index contributed by atoms with van der Waals surface area (Å²) in [5, 5.41) is 14.7. The first-order valence-corrected chi connectivity index (χ1v) is 24.5. The lowest BCUT2D eigenvalue weighted by molar-refractivity contribution is -0.292. The van der Waals surface area contributed by atoms with E-state index < -0.39 is 36.3 Å². The van der Waals surface area contributed by atoms with E-state index in [-0.39, 0.29) is 142 Å². The summed E-state index contributed by atoms with van der Waals surface area (Å²) in [6.45, 7) is 12.6. The lowest BCUT2D eigenvalue weighted by Crippen LogP contribution is -2.61. The second-order valence-corrected chi connectivity index (χ2v) is 20.2. The fourth-order valence-corrected chi connectivity index (χ4v) is 12.4. The number of ketones is 2. The smallest absolute Gasteiger partial charge is 0.172 e. The molecule has 10 aliphatic rings. The molecule has 17 heteroatoms. The van der Waals surface area contributed by atoms with Crippen LogP contribution in [-0.2, 0) is 61.7 Å². The minimum atomic E-state index is -0.822. The predicted octanol–water partition coefficient (Wildman–Crippen LogP) is 5.56. The molecule has 10 aliphatic heterocycles. The molecule has 12 bridgehead atoms. The molecule has 0 saturated carbocycles. The van der Waals surface area contributed by atoms with E-state index in [0.29, 0.717) is 45.5 Å². The van der Waals surface area contributed by atoms with Gasteiger partial charge in [-0.15, -0.1) is 0 Å². The average molecular weight is 914 g/mol. The van der Waals surface area contributed by atoms with Crippen molar-refractivity contribution in [2.24, 2.45) is 17.0 Å². The van der Waals surface area contributed by atoms with Crippen LogP contribution in [0.2, 0.25) is 0 Å². The Bertz CT molecular complexity index is 1760. The molecule has 0 aliphatic carbocycles. The molecular weight excluding hydrogens is 843 g/mol. The molecule has 0 unspecified atom stereocenters. The van der Waals surface area contributed by atoms with Crippen LogP contribution < -0.4 is 0 Å². The molecule has 10 fully saturated rings. The number of aliphatic hydroxyl groups is 1. The SMILES string of the molecule is C=C1C[C@@H]2CC[C@@]34C[C@H]5O[C@H]6[C@@H](O3)[C@H]3O[C@H](CC[C@@H]3O[C@H]6[C@H]5O4)CC(=O)C[C@@H]3[C@@H](OC)[C@@H](C[C@H](O)CCC(=O)CCOCCOCCN=[N+]=[N-])O[C@H]3C[C@H]3O[C@@H](CC[C@@H]1O2)C[C@@H](C)C3=C. The molecule has 0 aromatic rings. The molecule has 10 rings (SSSR count). The Labute approximate surface area is 382 Å². The van der Waals surface area contributed by atoms with E-state index in [1.807, 2.05) is 0 Å². The number of fused-ring (bicyclic) bond motifs is 6. The summed E-state index contributed by atoms with van der Waals surface area (Å²) in [7, 11) is 1.64. The number of nitrogens with zero attached hydrogens (tertiary/aromatic N) is 3. The van der Waals surface area contributed by atoms with E-state index in [4.69, 9.17) is 57.6 Å². The zero-order chi connectivity index (χ0) is 45.2. The lowest BCUT2D eigenvalue weighted by atomic mass is 9.81. The maximum atomic E-state index is 14.3. The van der Waals surface area contributed by atoms with Crippen LogP contribution in [0.1, 0.15) is 110 Å². The summed E-state index contributed by atoms with van der Waals surface area (Å²) in [5.74, 6) is -0.842. The number of hydrogen-bond acceptors (Lipinski definition) is 15. The van der Waals surface area contributed by atoms with Crippen LogP contribution in [-0.4, -0.2) is 160 Å². The van der Waals surface area contributed by atoms with Crippen LogP contribution in [0.4, 0.5) is 0 Å². The van der Waals surface area contributed by atoms with Crippen molar-refractivity contribution >= 4 is 11.6 Å². The standard InChI is InChI=1S/C48H71N3O14/c1-26-19-32-7-9-36-27(2)20-34(58-36)11-13-48-25-41-44(64-48)45-46(63-41)47(65-48)43-37(62-45)10-8-33(60-43)21-31(54)22-35-39(24-38(59-32)28(26)3)61-40(42(35)55-4)23-30(53)6-5-29(52)12-15-56-17-18-57-16-14-50-51-49/h26,30,32-47,53H,2-3,5-25H2,1,4H3/t26-,30-,32+,33-,34+,35+,36+,37+,38-,39+,40-,41-,42-,43+,44+,45+,46-,47+,48+/m1/s1. The Kier molecular flexibility index (Phi) is 15.5. The van der Waals surface area contributed by atoms with Gasteiger partial charge < -0.3 is 57.2 Å². The van der Waals surface area contributed by atoms with Gasteiger partial charge in [-0.3, -0.25) is 9.59 Å². The van der Waals surface area contributed by atoms with Gasteiger partial charge in [0.1, 0.15) is 42.1 Å². The maximum Gasteiger partial charge on any atom is 0.172 e. The van der Waals surface area contributed by atoms with Crippen LogP contribution in [0, 0.1) is 11.8 Å². The first-order valence-electron chi connectivity index (χ1n) is 24.5. The summed E-state index contributed by atoms with van der Waals surface area (Å²) in [6, 6.07) is 0. The molecule has 362 valence electrons. The van der Waals surface area contributed by atoms with Gasteiger partial charge in [-0.05, 0) is 74.0 Å². The van der Waals surface area contributed by atoms with Gasteiger partial charge in [0.25, 0.3) is 0 Å². The van der Waals surface area contributed by atoms with Gasteiger partial charge in [-0.1, -0.05) is 25.2 Å². The maximum absolute atomic E-state index is 14.3. The molecule has 0 radical (unpaired) electrons. The summed E-state index contributed by atoms with van der Waals surface area (Å²) >= 11 is 0. The third-order valence-electron chi connectivity index (χ3n) is 15.8. The number of carbonyl (C=O) groups excluding carboxylic acids is 2. The van der Waals surface area contributed by atoms with Gasteiger partial charge >= 0.3 is 0 Å². The predicted molar refractivity (Wildman–Crippen MR) is 232 cm³/mol. The molecule has 1 N–H and O–H groups in total. The van der Waals surface area contributed by atoms with Crippen LogP contribution in [0.3, 0.4) is 0 Å². The zero-order valence-electron chi connectivity index (χ0n) is 38.3. The van der Waals surface area contributed by atoms with E-state index in [0.717, 1.165) is 49.7 Å². The fraction of sp³-hybridized carbons (Fsp3) is 0.875. The van der Waals surface area contributed by atoms with Crippen molar-refractivity contribution in [1.82, 2.24) is 0 Å². The highest BCUT2D eigenvalue weighted by atomic mass is 16.8. The highest BCUT2D eigenvalue weighted by molar-refractivity contribution is 5.79. The van der Waals surface area contributed by atoms with E-state index in [1.165, 1.54) is 0 Å². The van der Waals surface area contributed by atoms with Gasteiger partial charge in [-0.2, -0.15) is 0 Å². The van der Waals surface area contributed by atoms with Crippen LogP contribution in [0.5, 0.6) is 0 Å². The van der Waals surface area contributed by atoms with E-state index >= 15 is 0 Å². The highest BCUT2D eigenvalue weighted by Gasteiger charge is 2.68. The topological polar surface area (TPSA) is 205 Å². The number of aliphatic hydroxyl groups excluding tert-OH is 1. The second kappa shape index (κ2) is 21.1. The van der Waals surface area contributed by atoms with E-state index in [9.17, 15) is 14.7 Å². The van der Waals surface area contributed by atoms with Gasteiger partial charge in [-0.25, -0.2) is 0 Å². The quantitative estimate of drug-likeness (QED) is 0.0703. The van der Waals surface area contributed by atoms with Crippen molar-refractivity contribution in [3.05, 3.63) is 34.7 Å². The largest absolute Gasteiger partial charge is 0.393 e. The summed E-state index contributed by atoms with van der Waals surface area (Å²) in [5.41, 5.74) is 10.5. The number of azide groups is 1. The molecule has 0 aromatic carbocycles. The van der Waals surface area contributed by atoms with Crippen molar-refractivity contribution in [3.63, 3.8) is 0 Å². The number of hydrogen-bond donors (Lipinski definition) is 1. The molecule has 19 atom stereocenters. The third-order valence-corrected chi connectivity index (χ3v) is 15.8. The van der Waals surface area contributed by atoms with Gasteiger partial charge in [0.2, 0.25) is 0 Å². The number of methoxy groups -OCH3 is 1. The molecule has 10 heterocycles. The van der Waals surface area contributed by atoms with Gasteiger partial charge in [0, 0.05) is 75.9 Å². The Morgan fingerprint density at radius 2 is 1.57 bits per heavy atom. The fourth-order valence-electron chi connectivity index (χ4n) is 12.4. The normalized spacial score (nSPS) is 44.0. The zero-order valence-corrected chi connectivity index (χ0v) is 38.3. The number of ether oxygens (including phenoxy) is 11. The van der Waals surface area contributed by atoms with Crippen molar-refractivity contribution in [1.29, 1.82) is 0 Å². The first-order chi connectivity index (χ1) is 31.5. The molecule has 0 aromatic heterocycles. The van der Waals surface area contributed by atoms with Crippen molar-refractivity contribution in [2.45, 2.75) is 213 Å². The first kappa shape index (κ1) is 47.7. The minimum Gasteiger partial charge on any atom is -0.393 e. The third kappa shape index (κ3) is 10.8. The average Bonchev–Trinajstić information content (AvgIpc) is 3.96. The molecule has 0 amide bonds. The van der Waals surface area contributed by atoms with Gasteiger partial charge in [0.15, 0.2) is 5.79 Å². The Morgan fingerprint density at radius 1 is 0.815 bits per heavy atom. The van der Waals surface area contributed by atoms with E-state index in [2.05, 4.69) is 30.1 Å². The van der Waals surface area contributed by atoms with Crippen LogP contribution in [0.25, 0.3) is 10.4 Å². The molecule has 65 heavy (non-hydrogen) atoms. The van der Waals surface area contributed by atoms with Crippen LogP contribution in [0.15, 0.2) is 29.4 Å². The van der Waals surface area contributed by atoms with Crippen molar-refractivity contribution < 1.29 is 66.8 Å². The van der Waals surface area contributed by atoms with E-state index in [1.54, 1.807) is 7.11 Å². The van der Waals surface area contributed by atoms with Gasteiger partial charge in [0.05, 0.1) is 93.6 Å². The van der Waals surface area contributed by atoms with Crippen molar-refractivity contribution in [2.75, 3.05) is 40.1 Å². The Balaban J connectivity index is 0.875. The molecule has 1 spiro atoms. The molecular formula is C48H71N3O14. The Hall–Kier alpha value is -2.35. The Morgan fingerprint density at radius 3 is 2.40 bits per heavy atom. The minimum absolute atomic E-state index is 0.00634.